The minimum Gasteiger partial charge on any atom is -0.495 e. The Bertz CT molecular complexity index is 1480. The smallest absolute Gasteiger partial charge is 0.244 e. The number of aromatic nitrogens is 2. The molecule has 1 amide bonds. The summed E-state index contributed by atoms with van der Waals surface area (Å²) in [6, 6.07) is 12.9. The molecule has 0 radical (unpaired) electrons. The molecule has 7 nitrogen and oxygen atoms in total. The summed E-state index contributed by atoms with van der Waals surface area (Å²) < 4.78 is 20.0. The molecule has 0 unspecified atom stereocenters. The third-order valence-corrected chi connectivity index (χ3v) is 5.40. The highest BCUT2D eigenvalue weighted by atomic mass is 35.5. The van der Waals surface area contributed by atoms with Crippen molar-refractivity contribution in [1.82, 2.24) is 9.55 Å². The summed E-state index contributed by atoms with van der Waals surface area (Å²) in [6.07, 6.45) is 1.30. The number of nitrogens with one attached hydrogen (secondary N) is 1. The molecule has 2 aromatic carbocycles. The Balaban J connectivity index is 1.76. The standard InChI is InChI=1S/C25H19ClFN3O4/c1-14-3-9-18-24(33)19(23(32)15-4-7-17(27)8-5-15)12-30(25(18)28-14)13-22(31)29-20-11-16(26)6-10-21(20)34-2/h3-12H,13H2,1-2H3,(H,29,31). The van der Waals surface area contributed by atoms with Crippen molar-refractivity contribution in [1.29, 1.82) is 0 Å². The first-order valence-electron chi connectivity index (χ1n) is 10.2. The predicted molar refractivity (Wildman–Crippen MR) is 127 cm³/mol. The number of ketones is 1. The monoisotopic (exact) mass is 479 g/mol. The second-order valence-corrected chi connectivity index (χ2v) is 7.99. The number of hydrogen-bond acceptors (Lipinski definition) is 5. The van der Waals surface area contributed by atoms with Gasteiger partial charge < -0.3 is 14.6 Å². The minimum atomic E-state index is -0.585. The molecule has 2 heterocycles. The van der Waals surface area contributed by atoms with Crippen LogP contribution in [0, 0.1) is 12.7 Å². The van der Waals surface area contributed by atoms with Gasteiger partial charge in [-0.25, -0.2) is 9.37 Å². The number of pyridine rings is 2. The van der Waals surface area contributed by atoms with Crippen LogP contribution < -0.4 is 15.5 Å². The topological polar surface area (TPSA) is 90.3 Å². The van der Waals surface area contributed by atoms with E-state index in [4.69, 9.17) is 16.3 Å². The predicted octanol–water partition coefficient (Wildman–Crippen LogP) is 4.38. The van der Waals surface area contributed by atoms with Gasteiger partial charge in [-0.3, -0.25) is 14.4 Å². The lowest BCUT2D eigenvalue weighted by Gasteiger charge is -2.14. The van der Waals surface area contributed by atoms with Crippen molar-refractivity contribution in [3.63, 3.8) is 0 Å². The van der Waals surface area contributed by atoms with Crippen LogP contribution in [0.2, 0.25) is 5.02 Å². The highest BCUT2D eigenvalue weighted by Crippen LogP contribution is 2.27. The van der Waals surface area contributed by atoms with Crippen molar-refractivity contribution in [3.05, 3.63) is 98.7 Å². The number of halogens is 2. The highest BCUT2D eigenvalue weighted by molar-refractivity contribution is 6.31. The number of aryl methyl sites for hydroxylation is 1. The number of anilines is 1. The molecular weight excluding hydrogens is 461 g/mol. The second kappa shape index (κ2) is 9.44. The van der Waals surface area contributed by atoms with Crippen LogP contribution in [0.5, 0.6) is 5.75 Å². The lowest BCUT2D eigenvalue weighted by Crippen LogP contribution is -2.25. The lowest BCUT2D eigenvalue weighted by molar-refractivity contribution is -0.116. The van der Waals surface area contributed by atoms with Gasteiger partial charge in [-0.1, -0.05) is 11.6 Å². The van der Waals surface area contributed by atoms with E-state index < -0.39 is 22.9 Å². The first kappa shape index (κ1) is 23.1. The second-order valence-electron chi connectivity index (χ2n) is 7.55. The van der Waals surface area contributed by atoms with Gasteiger partial charge in [0.05, 0.1) is 23.7 Å². The third kappa shape index (κ3) is 4.67. The summed E-state index contributed by atoms with van der Waals surface area (Å²) in [5, 5.41) is 3.33. The third-order valence-electron chi connectivity index (χ3n) is 5.16. The van der Waals surface area contributed by atoms with Crippen molar-refractivity contribution in [3.8, 4) is 5.75 Å². The summed E-state index contributed by atoms with van der Waals surface area (Å²) in [6.45, 7) is 1.51. The van der Waals surface area contributed by atoms with Crippen LogP contribution in [0.4, 0.5) is 10.1 Å². The van der Waals surface area contributed by atoms with Crippen molar-refractivity contribution in [2.45, 2.75) is 13.5 Å². The Morgan fingerprint density at radius 3 is 2.56 bits per heavy atom. The van der Waals surface area contributed by atoms with E-state index in [2.05, 4.69) is 10.3 Å². The number of benzene rings is 2. The fourth-order valence-electron chi connectivity index (χ4n) is 3.52. The maximum Gasteiger partial charge on any atom is 0.244 e. The summed E-state index contributed by atoms with van der Waals surface area (Å²) in [7, 11) is 1.47. The van der Waals surface area contributed by atoms with Gasteiger partial charge in [-0.15, -0.1) is 0 Å². The van der Waals surface area contributed by atoms with Gasteiger partial charge in [-0.2, -0.15) is 0 Å². The molecular formula is C25H19ClFN3O4. The minimum absolute atomic E-state index is 0.151. The van der Waals surface area contributed by atoms with Gasteiger partial charge in [0.2, 0.25) is 11.3 Å². The zero-order valence-corrected chi connectivity index (χ0v) is 19.0. The summed E-state index contributed by atoms with van der Waals surface area (Å²) >= 11 is 6.04. The first-order valence-corrected chi connectivity index (χ1v) is 10.6. The summed E-state index contributed by atoms with van der Waals surface area (Å²) in [5.74, 6) is -1.11. The average Bonchev–Trinajstić information content (AvgIpc) is 2.81. The van der Waals surface area contributed by atoms with Gasteiger partial charge >= 0.3 is 0 Å². The fraction of sp³-hybridized carbons (Fsp3) is 0.120. The van der Waals surface area contributed by atoms with E-state index in [0.717, 1.165) is 12.1 Å². The van der Waals surface area contributed by atoms with E-state index in [0.29, 0.717) is 22.2 Å². The number of ether oxygens (including phenoxy) is 1. The number of carbonyl (C=O) groups excluding carboxylic acids is 2. The molecule has 0 bridgehead atoms. The molecule has 9 heteroatoms. The zero-order valence-electron chi connectivity index (χ0n) is 18.3. The van der Waals surface area contributed by atoms with Crippen LogP contribution in [-0.2, 0) is 11.3 Å². The Labute approximate surface area is 198 Å². The van der Waals surface area contributed by atoms with Crippen LogP contribution in [0.1, 0.15) is 21.6 Å². The maximum atomic E-state index is 13.3. The zero-order chi connectivity index (χ0) is 24.4. The van der Waals surface area contributed by atoms with Crippen molar-refractivity contribution in [2.75, 3.05) is 12.4 Å². The molecule has 0 aliphatic rings. The van der Waals surface area contributed by atoms with E-state index in [9.17, 15) is 18.8 Å². The fourth-order valence-corrected chi connectivity index (χ4v) is 3.69. The molecule has 0 saturated carbocycles. The van der Waals surface area contributed by atoms with Gasteiger partial charge in [0, 0.05) is 22.5 Å². The van der Waals surface area contributed by atoms with Gasteiger partial charge in [0.25, 0.3) is 0 Å². The normalized spacial score (nSPS) is 10.8. The van der Waals surface area contributed by atoms with Crippen molar-refractivity contribution < 1.29 is 18.7 Å². The van der Waals surface area contributed by atoms with E-state index >= 15 is 0 Å². The van der Waals surface area contributed by atoms with E-state index in [1.54, 1.807) is 37.3 Å². The first-order chi connectivity index (χ1) is 16.3. The molecule has 172 valence electrons. The van der Waals surface area contributed by atoms with E-state index in [1.165, 1.54) is 30.0 Å². The largest absolute Gasteiger partial charge is 0.495 e. The number of amides is 1. The number of fused-ring (bicyclic) bond motifs is 1. The molecule has 0 fully saturated rings. The molecule has 0 aliphatic heterocycles. The number of rotatable bonds is 6. The van der Waals surface area contributed by atoms with Gasteiger partial charge in [0.15, 0.2) is 5.78 Å². The Hall–Kier alpha value is -4.04. The number of carbonyl (C=O) groups is 2. The molecule has 0 saturated heterocycles. The molecule has 2 aromatic heterocycles. The van der Waals surface area contributed by atoms with Crippen molar-refractivity contribution >= 4 is 40.0 Å². The molecule has 0 aliphatic carbocycles. The number of methoxy groups -OCH3 is 1. The Kier molecular flexibility index (Phi) is 6.43. The number of hydrogen-bond donors (Lipinski definition) is 1. The summed E-state index contributed by atoms with van der Waals surface area (Å²) in [5.41, 5.74) is 0.738. The van der Waals surface area contributed by atoms with Gasteiger partial charge in [-0.05, 0) is 61.5 Å². The molecule has 0 atom stereocenters. The molecule has 4 rings (SSSR count). The summed E-state index contributed by atoms with van der Waals surface area (Å²) in [4.78, 5) is 43.4. The Morgan fingerprint density at radius 2 is 1.85 bits per heavy atom. The van der Waals surface area contributed by atoms with Crippen LogP contribution in [-0.4, -0.2) is 28.4 Å². The maximum absolute atomic E-state index is 13.3. The van der Waals surface area contributed by atoms with Gasteiger partial charge in [0.1, 0.15) is 23.8 Å². The van der Waals surface area contributed by atoms with Crippen LogP contribution in [0.3, 0.4) is 0 Å². The molecule has 0 spiro atoms. The molecule has 4 aromatic rings. The molecule has 34 heavy (non-hydrogen) atoms. The van der Waals surface area contributed by atoms with E-state index in [-0.39, 0.29) is 28.7 Å². The van der Waals surface area contributed by atoms with Crippen LogP contribution in [0.25, 0.3) is 11.0 Å². The number of nitrogens with zero attached hydrogens (tertiary/aromatic N) is 2. The van der Waals surface area contributed by atoms with E-state index in [1.807, 2.05) is 0 Å². The van der Waals surface area contributed by atoms with Crippen molar-refractivity contribution in [2.24, 2.45) is 0 Å². The Morgan fingerprint density at radius 1 is 1.12 bits per heavy atom. The molecule has 1 N–H and O–H groups in total. The highest BCUT2D eigenvalue weighted by Gasteiger charge is 2.19. The lowest BCUT2D eigenvalue weighted by atomic mass is 10.0. The van der Waals surface area contributed by atoms with Crippen LogP contribution in [0.15, 0.2) is 65.6 Å². The van der Waals surface area contributed by atoms with Crippen LogP contribution >= 0.6 is 11.6 Å². The quantitative estimate of drug-likeness (QED) is 0.414. The average molecular weight is 480 g/mol. The SMILES string of the molecule is COc1ccc(Cl)cc1NC(=O)Cn1cc(C(=O)c2ccc(F)cc2)c(=O)c2ccc(C)nc21.